The smallest absolute Gasteiger partial charge is 0.146 e. The fourth-order valence-corrected chi connectivity index (χ4v) is 1.06. The molecule has 0 aliphatic rings. The fraction of sp³-hybridized carbons (Fsp3) is 0.500. The van der Waals surface area contributed by atoms with Crippen molar-refractivity contribution in [3.05, 3.63) is 11.1 Å². The molecule has 0 radical (unpaired) electrons. The standard InChI is InChI=1S/C6H9BrOS/c1-5(2-7)6(3-8)4-9/h3,9H,2,4H2,1H3/b6-5+. The largest absolute Gasteiger partial charge is 0.298 e. The molecule has 0 atom stereocenters. The Morgan fingerprint density at radius 2 is 2.33 bits per heavy atom. The number of thiol groups is 1. The average Bonchev–Trinajstić information content (AvgIpc) is 1.90. The zero-order valence-corrected chi connectivity index (χ0v) is 7.71. The van der Waals surface area contributed by atoms with Crippen LogP contribution in [0.4, 0.5) is 0 Å². The quantitative estimate of drug-likeness (QED) is 0.325. The highest BCUT2D eigenvalue weighted by atomic mass is 79.9. The van der Waals surface area contributed by atoms with E-state index in [4.69, 9.17) is 0 Å². The predicted octanol–water partition coefficient (Wildman–Crippen LogP) is 1.83. The molecule has 0 saturated heterocycles. The van der Waals surface area contributed by atoms with Crippen LogP contribution in [0.25, 0.3) is 0 Å². The van der Waals surface area contributed by atoms with E-state index in [1.54, 1.807) is 0 Å². The maximum atomic E-state index is 10.2. The van der Waals surface area contributed by atoms with E-state index in [0.717, 1.165) is 22.8 Å². The molecule has 0 saturated carbocycles. The first-order valence-electron chi connectivity index (χ1n) is 2.56. The highest BCUT2D eigenvalue weighted by Gasteiger charge is 1.95. The molecular formula is C6H9BrOS. The van der Waals surface area contributed by atoms with Crippen LogP contribution in [-0.2, 0) is 4.79 Å². The predicted molar refractivity (Wildman–Crippen MR) is 46.4 cm³/mol. The summed E-state index contributed by atoms with van der Waals surface area (Å²) >= 11 is 7.23. The molecule has 0 bridgehead atoms. The number of alkyl halides is 1. The molecule has 0 aliphatic heterocycles. The first kappa shape index (κ1) is 9.24. The van der Waals surface area contributed by atoms with Crippen molar-refractivity contribution in [3.8, 4) is 0 Å². The summed E-state index contributed by atoms with van der Waals surface area (Å²) in [5.74, 6) is 0.529. The lowest BCUT2D eigenvalue weighted by molar-refractivity contribution is -0.104. The first-order chi connectivity index (χ1) is 4.26. The van der Waals surface area contributed by atoms with E-state index in [1.807, 2.05) is 6.92 Å². The van der Waals surface area contributed by atoms with Crippen LogP contribution in [0.15, 0.2) is 11.1 Å². The third kappa shape index (κ3) is 3.06. The third-order valence-corrected chi connectivity index (χ3v) is 2.24. The van der Waals surface area contributed by atoms with Crippen LogP contribution in [0.2, 0.25) is 0 Å². The minimum Gasteiger partial charge on any atom is -0.298 e. The van der Waals surface area contributed by atoms with Crippen molar-refractivity contribution in [2.75, 3.05) is 11.1 Å². The van der Waals surface area contributed by atoms with Gasteiger partial charge in [-0.3, -0.25) is 4.79 Å². The summed E-state index contributed by atoms with van der Waals surface area (Å²) in [5, 5.41) is 0.752. The van der Waals surface area contributed by atoms with Gasteiger partial charge in [-0.25, -0.2) is 0 Å². The van der Waals surface area contributed by atoms with Gasteiger partial charge in [-0.1, -0.05) is 21.5 Å². The van der Waals surface area contributed by atoms with E-state index in [0.29, 0.717) is 5.75 Å². The molecule has 9 heavy (non-hydrogen) atoms. The lowest BCUT2D eigenvalue weighted by Gasteiger charge is -1.96. The van der Waals surface area contributed by atoms with Crippen molar-refractivity contribution in [1.29, 1.82) is 0 Å². The second kappa shape index (κ2) is 5.06. The van der Waals surface area contributed by atoms with E-state index < -0.39 is 0 Å². The van der Waals surface area contributed by atoms with Crippen molar-refractivity contribution in [2.24, 2.45) is 0 Å². The minimum absolute atomic E-state index is 0.529. The summed E-state index contributed by atoms with van der Waals surface area (Å²) in [6, 6.07) is 0. The van der Waals surface area contributed by atoms with Gasteiger partial charge in [-0.2, -0.15) is 12.6 Å². The number of hydrogen-bond acceptors (Lipinski definition) is 2. The second-order valence-electron chi connectivity index (χ2n) is 1.72. The van der Waals surface area contributed by atoms with Gasteiger partial charge < -0.3 is 0 Å². The number of halogens is 1. The second-order valence-corrected chi connectivity index (χ2v) is 2.59. The number of carbonyl (C=O) groups excluding carboxylic acids is 1. The zero-order chi connectivity index (χ0) is 7.28. The lowest BCUT2D eigenvalue weighted by Crippen LogP contribution is -1.92. The van der Waals surface area contributed by atoms with Crippen LogP contribution >= 0.6 is 28.6 Å². The van der Waals surface area contributed by atoms with Crippen molar-refractivity contribution in [2.45, 2.75) is 6.92 Å². The Labute approximate surface area is 69.1 Å². The van der Waals surface area contributed by atoms with Gasteiger partial charge in [0.2, 0.25) is 0 Å². The molecule has 0 rings (SSSR count). The van der Waals surface area contributed by atoms with Crippen LogP contribution in [0.3, 0.4) is 0 Å². The molecule has 0 fully saturated rings. The first-order valence-corrected chi connectivity index (χ1v) is 4.32. The molecule has 0 aromatic rings. The summed E-state index contributed by atoms with van der Waals surface area (Å²) in [5.41, 5.74) is 1.83. The Hall–Kier alpha value is 0.240. The molecule has 0 unspecified atom stereocenters. The Morgan fingerprint density at radius 1 is 1.78 bits per heavy atom. The van der Waals surface area contributed by atoms with Gasteiger partial charge in [0.15, 0.2) is 0 Å². The molecule has 0 aromatic carbocycles. The highest BCUT2D eigenvalue weighted by Crippen LogP contribution is 2.05. The van der Waals surface area contributed by atoms with Crippen molar-refractivity contribution < 1.29 is 4.79 Å². The van der Waals surface area contributed by atoms with Gasteiger partial charge in [0.05, 0.1) is 0 Å². The van der Waals surface area contributed by atoms with Crippen LogP contribution in [-0.4, -0.2) is 17.4 Å². The van der Waals surface area contributed by atoms with E-state index in [9.17, 15) is 4.79 Å². The fourth-order valence-electron chi connectivity index (χ4n) is 0.359. The van der Waals surface area contributed by atoms with E-state index in [-0.39, 0.29) is 0 Å². The summed E-state index contributed by atoms with van der Waals surface area (Å²) in [4.78, 5) is 10.2. The summed E-state index contributed by atoms with van der Waals surface area (Å²) < 4.78 is 0. The SMILES string of the molecule is C/C(CBr)=C(/C=O)CS. The Balaban J connectivity index is 4.18. The maximum Gasteiger partial charge on any atom is 0.146 e. The number of rotatable bonds is 3. The summed E-state index contributed by atoms with van der Waals surface area (Å²) in [6.07, 6.45) is 0.851. The van der Waals surface area contributed by atoms with Crippen LogP contribution in [0.5, 0.6) is 0 Å². The minimum atomic E-state index is 0.529. The number of hydrogen-bond donors (Lipinski definition) is 1. The van der Waals surface area contributed by atoms with E-state index in [1.165, 1.54) is 0 Å². The van der Waals surface area contributed by atoms with Crippen molar-refractivity contribution >= 4 is 34.8 Å². The van der Waals surface area contributed by atoms with E-state index >= 15 is 0 Å². The number of allylic oxidation sites excluding steroid dienone is 1. The Kier molecular flexibility index (Phi) is 5.19. The van der Waals surface area contributed by atoms with Gasteiger partial charge in [0.1, 0.15) is 6.29 Å². The Bertz CT molecular complexity index is 131. The molecule has 0 spiro atoms. The molecule has 0 N–H and O–H groups in total. The molecule has 1 nitrogen and oxygen atoms in total. The van der Waals surface area contributed by atoms with Gasteiger partial charge >= 0.3 is 0 Å². The zero-order valence-electron chi connectivity index (χ0n) is 5.22. The Morgan fingerprint density at radius 3 is 2.44 bits per heavy atom. The highest BCUT2D eigenvalue weighted by molar-refractivity contribution is 9.09. The van der Waals surface area contributed by atoms with Gasteiger partial charge in [-0.15, -0.1) is 0 Å². The average molecular weight is 209 g/mol. The van der Waals surface area contributed by atoms with Gasteiger partial charge in [-0.05, 0) is 6.92 Å². The monoisotopic (exact) mass is 208 g/mol. The van der Waals surface area contributed by atoms with Gasteiger partial charge in [0.25, 0.3) is 0 Å². The van der Waals surface area contributed by atoms with Crippen LogP contribution in [0, 0.1) is 0 Å². The number of aldehydes is 1. The van der Waals surface area contributed by atoms with Crippen molar-refractivity contribution in [1.82, 2.24) is 0 Å². The molecule has 3 heteroatoms. The van der Waals surface area contributed by atoms with Crippen LogP contribution < -0.4 is 0 Å². The molecule has 52 valence electrons. The molecule has 0 aliphatic carbocycles. The third-order valence-electron chi connectivity index (χ3n) is 1.06. The lowest BCUT2D eigenvalue weighted by atomic mass is 10.2. The molecule has 0 heterocycles. The molecule has 0 aromatic heterocycles. The van der Waals surface area contributed by atoms with Gasteiger partial charge in [0, 0.05) is 16.7 Å². The number of carbonyl (C=O) groups is 1. The normalized spacial score (nSPS) is 12.8. The molecule has 0 amide bonds. The van der Waals surface area contributed by atoms with Crippen molar-refractivity contribution in [3.63, 3.8) is 0 Å². The topological polar surface area (TPSA) is 17.1 Å². The molecular weight excluding hydrogens is 200 g/mol. The maximum absolute atomic E-state index is 10.2. The summed E-state index contributed by atoms with van der Waals surface area (Å²) in [7, 11) is 0. The van der Waals surface area contributed by atoms with E-state index in [2.05, 4.69) is 28.6 Å². The summed E-state index contributed by atoms with van der Waals surface area (Å²) in [6.45, 7) is 1.91. The van der Waals surface area contributed by atoms with Crippen LogP contribution in [0.1, 0.15) is 6.92 Å².